The molecule has 38 heavy (non-hydrogen) atoms. The van der Waals surface area contributed by atoms with Crippen LogP contribution < -0.4 is 0 Å². The maximum Gasteiger partial charge on any atom is 0.274 e. The lowest BCUT2D eigenvalue weighted by Gasteiger charge is -2.36. The average Bonchev–Trinajstić information content (AvgIpc) is 3.32. The number of unbranched alkanes of at least 4 members (excludes halogenated alkanes) is 2. The molecule has 7 nitrogen and oxygen atoms in total. The van der Waals surface area contributed by atoms with E-state index in [1.54, 1.807) is 9.58 Å². The van der Waals surface area contributed by atoms with Gasteiger partial charge in [-0.2, -0.15) is 5.10 Å². The van der Waals surface area contributed by atoms with Gasteiger partial charge in [-0.1, -0.05) is 62.6 Å². The summed E-state index contributed by atoms with van der Waals surface area (Å²) in [5.41, 5.74) is 5.57. The van der Waals surface area contributed by atoms with Crippen molar-refractivity contribution in [2.24, 2.45) is 0 Å². The van der Waals surface area contributed by atoms with Gasteiger partial charge < -0.3 is 14.9 Å². The van der Waals surface area contributed by atoms with Gasteiger partial charge in [0.1, 0.15) is 0 Å². The van der Waals surface area contributed by atoms with Crippen LogP contribution in [0.15, 0.2) is 48.5 Å². The van der Waals surface area contributed by atoms with Crippen molar-refractivity contribution in [1.29, 1.82) is 0 Å². The second-order valence-electron chi connectivity index (χ2n) is 10.3. The van der Waals surface area contributed by atoms with E-state index in [0.29, 0.717) is 43.0 Å². The Morgan fingerprint density at radius 3 is 2.34 bits per heavy atom. The molecule has 2 heterocycles. The molecule has 0 radical (unpaired) electrons. The average molecular weight is 517 g/mol. The highest BCUT2D eigenvalue weighted by Crippen LogP contribution is 2.28. The number of hydrogen-bond donors (Lipinski definition) is 1. The van der Waals surface area contributed by atoms with Crippen LogP contribution in [0.4, 0.5) is 0 Å². The summed E-state index contributed by atoms with van der Waals surface area (Å²) in [4.78, 5) is 31.1. The lowest BCUT2D eigenvalue weighted by Crippen LogP contribution is -2.46. The highest BCUT2D eigenvalue weighted by molar-refractivity contribution is 5.98. The number of amides is 2. The number of benzene rings is 2. The predicted octanol–water partition coefficient (Wildman–Crippen LogP) is 5.09. The summed E-state index contributed by atoms with van der Waals surface area (Å²) in [6, 6.07) is 15.3. The molecule has 0 spiro atoms. The van der Waals surface area contributed by atoms with Gasteiger partial charge in [-0.25, -0.2) is 4.68 Å². The lowest BCUT2D eigenvalue weighted by molar-refractivity contribution is 0.0544. The number of aliphatic hydroxyl groups excluding tert-OH is 1. The first-order valence-electron chi connectivity index (χ1n) is 13.8. The van der Waals surface area contributed by atoms with Gasteiger partial charge in [0.15, 0.2) is 5.69 Å². The molecule has 2 aromatic carbocycles. The molecule has 1 aliphatic rings. The number of carbonyl (C=O) groups excluding carboxylic acids is 2. The van der Waals surface area contributed by atoms with E-state index < -0.39 is 0 Å². The minimum absolute atomic E-state index is 0.0679. The molecule has 1 aliphatic heterocycles. The number of hydrogen-bond acceptors (Lipinski definition) is 4. The van der Waals surface area contributed by atoms with Crippen LogP contribution in [-0.2, 0) is 13.0 Å². The topological polar surface area (TPSA) is 78.7 Å². The molecule has 0 saturated carbocycles. The molecular weight excluding hydrogens is 476 g/mol. The summed E-state index contributed by atoms with van der Waals surface area (Å²) in [6.45, 7) is 9.89. The third-order valence-corrected chi connectivity index (χ3v) is 7.39. The molecule has 0 saturated heterocycles. The third-order valence-electron chi connectivity index (χ3n) is 7.39. The van der Waals surface area contributed by atoms with E-state index in [-0.39, 0.29) is 24.5 Å². The number of aromatic nitrogens is 2. The maximum absolute atomic E-state index is 14.0. The zero-order chi connectivity index (χ0) is 27.2. The Morgan fingerprint density at radius 2 is 1.68 bits per heavy atom. The standard InChI is InChI=1S/C31H40N4O3/c1-5-7-15-33(16-8-6-2)31(38)28-18-23(4)35(32-28)29-14-13-22(3)17-27(29)30(37)34-20-25-12-10-9-11-24(25)19-26(34)21-36/h9-14,17-18,26,36H,5-8,15-16,19-21H2,1-4H3/t26-/m0/s1. The second kappa shape index (κ2) is 12.4. The monoisotopic (exact) mass is 516 g/mol. The normalized spacial score (nSPS) is 14.9. The molecule has 0 bridgehead atoms. The van der Waals surface area contributed by atoms with Crippen LogP contribution in [-0.4, -0.2) is 62.2 Å². The van der Waals surface area contributed by atoms with Crippen molar-refractivity contribution in [2.45, 2.75) is 72.4 Å². The van der Waals surface area contributed by atoms with E-state index in [0.717, 1.165) is 42.5 Å². The van der Waals surface area contributed by atoms with Gasteiger partial charge in [-0.3, -0.25) is 9.59 Å². The SMILES string of the molecule is CCCCN(CCCC)C(=O)c1cc(C)n(-c2ccc(C)cc2C(=O)N2Cc3ccccc3C[C@H]2CO)n1. The van der Waals surface area contributed by atoms with Crippen molar-refractivity contribution in [2.75, 3.05) is 19.7 Å². The molecule has 1 aromatic heterocycles. The van der Waals surface area contributed by atoms with Crippen LogP contribution in [0.25, 0.3) is 5.69 Å². The van der Waals surface area contributed by atoms with Crippen molar-refractivity contribution in [3.8, 4) is 5.69 Å². The summed E-state index contributed by atoms with van der Waals surface area (Å²) in [5.74, 6) is -0.214. The molecule has 1 atom stereocenters. The van der Waals surface area contributed by atoms with E-state index in [2.05, 4.69) is 19.9 Å². The van der Waals surface area contributed by atoms with Crippen molar-refractivity contribution in [1.82, 2.24) is 19.6 Å². The van der Waals surface area contributed by atoms with E-state index in [9.17, 15) is 14.7 Å². The summed E-state index contributed by atoms with van der Waals surface area (Å²) >= 11 is 0. The highest BCUT2D eigenvalue weighted by Gasteiger charge is 2.32. The number of aliphatic hydroxyl groups is 1. The zero-order valence-electron chi connectivity index (χ0n) is 23.1. The smallest absolute Gasteiger partial charge is 0.274 e. The Bertz CT molecular complexity index is 1270. The molecule has 202 valence electrons. The fourth-order valence-corrected chi connectivity index (χ4v) is 5.15. The molecule has 3 aromatic rings. The molecule has 1 N–H and O–H groups in total. The van der Waals surface area contributed by atoms with E-state index in [1.807, 2.05) is 61.2 Å². The van der Waals surface area contributed by atoms with Crippen LogP contribution in [0.5, 0.6) is 0 Å². The molecule has 2 amide bonds. The lowest BCUT2D eigenvalue weighted by atomic mass is 9.93. The molecule has 7 heteroatoms. The van der Waals surface area contributed by atoms with Gasteiger partial charge in [0.05, 0.1) is 23.9 Å². The van der Waals surface area contributed by atoms with Crippen molar-refractivity contribution in [3.05, 3.63) is 82.2 Å². The van der Waals surface area contributed by atoms with Crippen LogP contribution in [0.3, 0.4) is 0 Å². The Labute approximate surface area is 226 Å². The van der Waals surface area contributed by atoms with Gasteiger partial charge in [-0.05, 0) is 62.4 Å². The van der Waals surface area contributed by atoms with Gasteiger partial charge in [0.25, 0.3) is 11.8 Å². The van der Waals surface area contributed by atoms with Crippen LogP contribution in [0.1, 0.15) is 82.8 Å². The number of nitrogens with zero attached hydrogens (tertiary/aromatic N) is 4. The first-order valence-corrected chi connectivity index (χ1v) is 13.8. The number of aryl methyl sites for hydroxylation is 2. The van der Waals surface area contributed by atoms with Crippen LogP contribution in [0, 0.1) is 13.8 Å². The summed E-state index contributed by atoms with van der Waals surface area (Å²) in [6.07, 6.45) is 4.57. The van der Waals surface area contributed by atoms with Crippen LogP contribution >= 0.6 is 0 Å². The first-order chi connectivity index (χ1) is 18.4. The molecule has 0 aliphatic carbocycles. The Morgan fingerprint density at radius 1 is 1.00 bits per heavy atom. The Balaban J connectivity index is 1.68. The van der Waals surface area contributed by atoms with Gasteiger partial charge in [0.2, 0.25) is 0 Å². The second-order valence-corrected chi connectivity index (χ2v) is 10.3. The van der Waals surface area contributed by atoms with Crippen molar-refractivity contribution in [3.63, 3.8) is 0 Å². The zero-order valence-corrected chi connectivity index (χ0v) is 23.1. The van der Waals surface area contributed by atoms with Crippen molar-refractivity contribution < 1.29 is 14.7 Å². The highest BCUT2D eigenvalue weighted by atomic mass is 16.3. The molecule has 4 rings (SSSR count). The summed E-state index contributed by atoms with van der Waals surface area (Å²) < 4.78 is 1.71. The quantitative estimate of drug-likeness (QED) is 0.407. The van der Waals surface area contributed by atoms with Crippen LogP contribution in [0.2, 0.25) is 0 Å². The van der Waals surface area contributed by atoms with E-state index in [4.69, 9.17) is 5.10 Å². The first kappa shape index (κ1) is 27.6. The minimum Gasteiger partial charge on any atom is -0.394 e. The Kier molecular flexibility index (Phi) is 9.00. The molecule has 0 unspecified atom stereocenters. The van der Waals surface area contributed by atoms with Gasteiger partial charge in [-0.15, -0.1) is 0 Å². The maximum atomic E-state index is 14.0. The minimum atomic E-state index is -0.299. The third kappa shape index (κ3) is 5.83. The number of carbonyl (C=O) groups is 2. The predicted molar refractivity (Wildman–Crippen MR) is 150 cm³/mol. The Hall–Kier alpha value is -3.45. The molecular formula is C31H40N4O3. The fourth-order valence-electron chi connectivity index (χ4n) is 5.15. The fraction of sp³-hybridized carbons (Fsp3) is 0.452. The van der Waals surface area contributed by atoms with E-state index >= 15 is 0 Å². The number of rotatable bonds is 10. The van der Waals surface area contributed by atoms with Crippen molar-refractivity contribution >= 4 is 11.8 Å². The largest absolute Gasteiger partial charge is 0.394 e. The van der Waals surface area contributed by atoms with Gasteiger partial charge in [0, 0.05) is 25.3 Å². The molecule has 0 fully saturated rings. The van der Waals surface area contributed by atoms with E-state index in [1.165, 1.54) is 5.56 Å². The summed E-state index contributed by atoms with van der Waals surface area (Å²) in [7, 11) is 0. The summed E-state index contributed by atoms with van der Waals surface area (Å²) in [5, 5.41) is 14.9. The number of fused-ring (bicyclic) bond motifs is 1. The van der Waals surface area contributed by atoms with Gasteiger partial charge >= 0.3 is 0 Å².